The Morgan fingerprint density at radius 1 is 1.10 bits per heavy atom. The summed E-state index contributed by atoms with van der Waals surface area (Å²) >= 11 is 0. The number of halogens is 3. The van der Waals surface area contributed by atoms with Gasteiger partial charge in [0, 0.05) is 11.6 Å². The van der Waals surface area contributed by atoms with Crippen molar-refractivity contribution in [3.8, 4) is 0 Å². The monoisotopic (exact) mass is 416 g/mol. The van der Waals surface area contributed by atoms with E-state index < -0.39 is 17.6 Å². The van der Waals surface area contributed by atoms with Gasteiger partial charge in [0.15, 0.2) is 0 Å². The van der Waals surface area contributed by atoms with Crippen molar-refractivity contribution >= 4 is 28.5 Å². The van der Waals surface area contributed by atoms with Gasteiger partial charge in [0.1, 0.15) is 12.4 Å². The van der Waals surface area contributed by atoms with Crippen LogP contribution in [0.15, 0.2) is 48.5 Å². The van der Waals surface area contributed by atoms with Crippen LogP contribution in [0.1, 0.15) is 24.2 Å². The van der Waals surface area contributed by atoms with Crippen molar-refractivity contribution in [1.29, 1.82) is 0 Å². The normalized spacial score (nSPS) is 14.0. The quantitative estimate of drug-likeness (QED) is 0.643. The number of aromatic nitrogens is 2. The topological polar surface area (TPSA) is 76.0 Å². The average Bonchev–Trinajstić information content (AvgIpc) is 3.50. The number of carbonyl (C=O) groups excluding carboxylic acids is 2. The van der Waals surface area contributed by atoms with Crippen LogP contribution in [0, 0.1) is 5.92 Å². The van der Waals surface area contributed by atoms with Crippen molar-refractivity contribution in [3.05, 3.63) is 59.9 Å². The summed E-state index contributed by atoms with van der Waals surface area (Å²) in [5.74, 6) is 0.0192. The van der Waals surface area contributed by atoms with Crippen LogP contribution in [0.4, 0.5) is 18.9 Å². The Kier molecular flexibility index (Phi) is 5.19. The Morgan fingerprint density at radius 2 is 1.87 bits per heavy atom. The predicted octanol–water partition coefficient (Wildman–Crippen LogP) is 3.72. The largest absolute Gasteiger partial charge is 0.416 e. The number of nitrogens with one attached hydrogen (secondary N) is 2. The molecule has 6 nitrogen and oxygen atoms in total. The third-order valence-electron chi connectivity index (χ3n) is 4.88. The van der Waals surface area contributed by atoms with Crippen molar-refractivity contribution in [2.75, 3.05) is 5.32 Å². The van der Waals surface area contributed by atoms with E-state index in [9.17, 15) is 22.8 Å². The second-order valence-electron chi connectivity index (χ2n) is 7.22. The van der Waals surface area contributed by atoms with Crippen LogP contribution in [0.3, 0.4) is 0 Å². The minimum absolute atomic E-state index is 0.0398. The molecule has 1 saturated carbocycles. The van der Waals surface area contributed by atoms with Crippen LogP contribution in [-0.4, -0.2) is 21.4 Å². The van der Waals surface area contributed by atoms with Gasteiger partial charge in [-0.25, -0.2) is 4.98 Å². The fraction of sp³-hybridized carbons (Fsp3) is 0.286. The molecule has 0 unspecified atom stereocenters. The SMILES string of the molecule is O=C(Cn1c(CNC(=O)C2CC2)nc2ccccc21)Nc1cccc(C(F)(F)F)c1. The van der Waals surface area contributed by atoms with Gasteiger partial charge in [0.25, 0.3) is 0 Å². The number of carbonyl (C=O) groups is 2. The molecule has 156 valence electrons. The number of anilines is 1. The average molecular weight is 416 g/mol. The van der Waals surface area contributed by atoms with E-state index in [0.29, 0.717) is 16.9 Å². The van der Waals surface area contributed by atoms with E-state index in [4.69, 9.17) is 0 Å². The van der Waals surface area contributed by atoms with E-state index >= 15 is 0 Å². The molecule has 1 aromatic heterocycles. The zero-order valence-electron chi connectivity index (χ0n) is 15.9. The van der Waals surface area contributed by atoms with Gasteiger partial charge in [0.05, 0.1) is 23.1 Å². The highest BCUT2D eigenvalue weighted by atomic mass is 19.4. The molecule has 0 saturated heterocycles. The van der Waals surface area contributed by atoms with E-state index in [1.54, 1.807) is 22.8 Å². The van der Waals surface area contributed by atoms with Gasteiger partial charge in [-0.1, -0.05) is 18.2 Å². The van der Waals surface area contributed by atoms with Gasteiger partial charge in [-0.05, 0) is 43.2 Å². The third-order valence-corrected chi connectivity index (χ3v) is 4.88. The molecular weight excluding hydrogens is 397 g/mol. The summed E-state index contributed by atoms with van der Waals surface area (Å²) in [6, 6.07) is 11.7. The molecule has 2 amide bonds. The second kappa shape index (κ2) is 7.81. The van der Waals surface area contributed by atoms with Crippen LogP contribution >= 0.6 is 0 Å². The highest BCUT2D eigenvalue weighted by Gasteiger charge is 2.31. The molecule has 3 aromatic rings. The zero-order chi connectivity index (χ0) is 21.3. The highest BCUT2D eigenvalue weighted by Crippen LogP contribution is 2.31. The first kappa shape index (κ1) is 19.9. The van der Waals surface area contributed by atoms with Gasteiger partial charge in [-0.2, -0.15) is 13.2 Å². The fourth-order valence-electron chi connectivity index (χ4n) is 3.21. The molecule has 30 heavy (non-hydrogen) atoms. The third kappa shape index (κ3) is 4.45. The van der Waals surface area contributed by atoms with Crippen molar-refractivity contribution in [2.45, 2.75) is 32.1 Å². The van der Waals surface area contributed by atoms with Crippen molar-refractivity contribution < 1.29 is 22.8 Å². The lowest BCUT2D eigenvalue weighted by molar-refractivity contribution is -0.137. The molecular formula is C21H19F3N4O2. The summed E-state index contributed by atoms with van der Waals surface area (Å²) in [7, 11) is 0. The van der Waals surface area contributed by atoms with Gasteiger partial charge < -0.3 is 15.2 Å². The number of amides is 2. The molecule has 2 aromatic carbocycles. The smallest absolute Gasteiger partial charge is 0.349 e. The van der Waals surface area contributed by atoms with Crippen LogP contribution < -0.4 is 10.6 Å². The summed E-state index contributed by atoms with van der Waals surface area (Å²) in [5.41, 5.74) is 0.590. The summed E-state index contributed by atoms with van der Waals surface area (Å²) in [4.78, 5) is 29.0. The Hall–Kier alpha value is -3.36. The molecule has 4 rings (SSSR count). The summed E-state index contributed by atoms with van der Waals surface area (Å²) in [6.45, 7) is 0.0201. The summed E-state index contributed by atoms with van der Waals surface area (Å²) < 4.78 is 40.3. The number of hydrogen-bond acceptors (Lipinski definition) is 3. The maximum Gasteiger partial charge on any atom is 0.416 e. The Balaban J connectivity index is 1.52. The van der Waals surface area contributed by atoms with Crippen molar-refractivity contribution in [1.82, 2.24) is 14.9 Å². The lowest BCUT2D eigenvalue weighted by atomic mass is 10.2. The van der Waals surface area contributed by atoms with E-state index in [1.807, 2.05) is 6.07 Å². The predicted molar refractivity (Wildman–Crippen MR) is 104 cm³/mol. The second-order valence-corrected chi connectivity index (χ2v) is 7.22. The molecule has 0 bridgehead atoms. The first-order chi connectivity index (χ1) is 14.3. The minimum Gasteiger partial charge on any atom is -0.349 e. The first-order valence-corrected chi connectivity index (χ1v) is 9.50. The lowest BCUT2D eigenvalue weighted by Gasteiger charge is -2.12. The van der Waals surface area contributed by atoms with Crippen LogP contribution in [-0.2, 0) is 28.9 Å². The molecule has 2 N–H and O–H groups in total. The van der Waals surface area contributed by atoms with E-state index in [0.717, 1.165) is 25.0 Å². The summed E-state index contributed by atoms with van der Waals surface area (Å²) in [5, 5.41) is 5.33. The molecule has 1 fully saturated rings. The molecule has 1 aliphatic carbocycles. The number of rotatable bonds is 6. The molecule has 1 aliphatic rings. The van der Waals surface area contributed by atoms with E-state index in [-0.39, 0.29) is 30.6 Å². The molecule has 9 heteroatoms. The summed E-state index contributed by atoms with van der Waals surface area (Å²) in [6.07, 6.45) is -2.74. The molecule has 1 heterocycles. The molecule has 0 radical (unpaired) electrons. The van der Waals surface area contributed by atoms with Gasteiger partial charge in [0.2, 0.25) is 11.8 Å². The zero-order valence-corrected chi connectivity index (χ0v) is 15.9. The van der Waals surface area contributed by atoms with Crippen LogP contribution in [0.2, 0.25) is 0 Å². The van der Waals surface area contributed by atoms with E-state index in [1.165, 1.54) is 12.1 Å². The van der Waals surface area contributed by atoms with Crippen molar-refractivity contribution in [2.24, 2.45) is 5.92 Å². The Morgan fingerprint density at radius 3 is 2.60 bits per heavy atom. The van der Waals surface area contributed by atoms with E-state index in [2.05, 4.69) is 15.6 Å². The van der Waals surface area contributed by atoms with Crippen molar-refractivity contribution in [3.63, 3.8) is 0 Å². The standard InChI is InChI=1S/C21H19F3N4O2/c22-21(23,24)14-4-3-5-15(10-14)26-19(29)12-28-17-7-2-1-6-16(17)27-18(28)11-25-20(30)13-8-9-13/h1-7,10,13H,8-9,11-12H2,(H,25,30)(H,26,29). The number of imidazole rings is 1. The first-order valence-electron chi connectivity index (χ1n) is 9.50. The Bertz CT molecular complexity index is 1100. The highest BCUT2D eigenvalue weighted by molar-refractivity contribution is 5.92. The fourth-order valence-corrected chi connectivity index (χ4v) is 3.21. The number of hydrogen-bond donors (Lipinski definition) is 2. The number of fused-ring (bicyclic) bond motifs is 1. The molecule has 0 spiro atoms. The minimum atomic E-state index is -4.49. The van der Waals surface area contributed by atoms with Gasteiger partial charge >= 0.3 is 6.18 Å². The van der Waals surface area contributed by atoms with Crippen LogP contribution in [0.25, 0.3) is 11.0 Å². The maximum absolute atomic E-state index is 12.9. The lowest BCUT2D eigenvalue weighted by Crippen LogP contribution is -2.27. The molecule has 0 atom stereocenters. The number of nitrogens with zero attached hydrogens (tertiary/aromatic N) is 2. The number of benzene rings is 2. The van der Waals surface area contributed by atoms with Gasteiger partial charge in [-0.15, -0.1) is 0 Å². The number of para-hydroxylation sites is 2. The Labute approximate surface area is 170 Å². The van der Waals surface area contributed by atoms with Gasteiger partial charge in [-0.3, -0.25) is 9.59 Å². The molecule has 0 aliphatic heterocycles. The number of alkyl halides is 3. The maximum atomic E-state index is 12.9. The van der Waals surface area contributed by atoms with Crippen LogP contribution in [0.5, 0.6) is 0 Å².